The van der Waals surface area contributed by atoms with Crippen LogP contribution in [0.1, 0.15) is 4.79 Å². The van der Waals surface area contributed by atoms with E-state index in [4.69, 9.17) is 0 Å². The number of hydrogen-bond acceptors (Lipinski definition) is 5. The van der Waals surface area contributed by atoms with Crippen molar-refractivity contribution < 1.29 is 14.1 Å². The van der Waals surface area contributed by atoms with Crippen LogP contribution in [0, 0.1) is 0 Å². The van der Waals surface area contributed by atoms with Gasteiger partial charge in [-0.2, -0.15) is 5.10 Å². The maximum Gasteiger partial charge on any atom is 0.271 e. The lowest BCUT2D eigenvalue weighted by molar-refractivity contribution is -0.112. The molecule has 0 atom stereocenters. The molecule has 0 aliphatic heterocycles. The Morgan fingerprint density at radius 1 is 1.41 bits per heavy atom. The third-order valence-corrected chi connectivity index (χ3v) is 1.80. The molecule has 0 aliphatic carbocycles. The normalized spacial score (nSPS) is 10.6. The van der Waals surface area contributed by atoms with Crippen LogP contribution in [-0.4, -0.2) is 26.8 Å². The van der Waals surface area contributed by atoms with E-state index in [0.29, 0.717) is 0 Å². The van der Waals surface area contributed by atoms with Crippen LogP contribution in [0.5, 0.6) is 0 Å². The van der Waals surface area contributed by atoms with Crippen molar-refractivity contribution in [3.63, 3.8) is 0 Å². The van der Waals surface area contributed by atoms with Gasteiger partial charge in [0.05, 0.1) is 0 Å². The van der Waals surface area contributed by atoms with Gasteiger partial charge in [0, 0.05) is 30.6 Å². The first-order chi connectivity index (χ1) is 8.25. The summed E-state index contributed by atoms with van der Waals surface area (Å²) in [6, 6.07) is 3.10. The van der Waals surface area contributed by atoms with Gasteiger partial charge < -0.3 is 9.84 Å². The highest BCUT2D eigenvalue weighted by Gasteiger charge is 2.03. The van der Waals surface area contributed by atoms with Gasteiger partial charge in [0.15, 0.2) is 5.82 Å². The van der Waals surface area contributed by atoms with Crippen LogP contribution in [0.15, 0.2) is 47.5 Å². The highest BCUT2D eigenvalue weighted by molar-refractivity contribution is 6.03. The van der Waals surface area contributed by atoms with Crippen LogP contribution in [-0.2, 0) is 4.79 Å². The second kappa shape index (κ2) is 4.88. The average molecular weight is 232 g/mol. The molecule has 0 aliphatic rings. The van der Waals surface area contributed by atoms with Crippen LogP contribution >= 0.6 is 0 Å². The molecule has 2 aromatic heterocycles. The Kier molecular flexibility index (Phi) is 3.10. The van der Waals surface area contributed by atoms with Crippen molar-refractivity contribution in [2.24, 2.45) is 0 Å². The number of allylic oxidation sites excluding steroid dienone is 1. The molecule has 2 aromatic rings. The number of amides is 1. The van der Waals surface area contributed by atoms with Gasteiger partial charge in [-0.25, -0.2) is 4.68 Å². The molecule has 0 radical (unpaired) electrons. The molecule has 0 aromatic carbocycles. The van der Waals surface area contributed by atoms with E-state index in [1.54, 1.807) is 6.07 Å². The first-order valence-electron chi connectivity index (χ1n) is 4.69. The van der Waals surface area contributed by atoms with Crippen molar-refractivity contribution in [3.8, 4) is 0 Å². The summed E-state index contributed by atoms with van der Waals surface area (Å²) in [5.74, 6) is -0.601. The third-order valence-electron chi connectivity index (χ3n) is 1.80. The number of nitrogens with zero attached hydrogens (tertiary/aromatic N) is 3. The van der Waals surface area contributed by atoms with E-state index in [2.05, 4.69) is 20.1 Å². The van der Waals surface area contributed by atoms with Gasteiger partial charge in [-0.1, -0.05) is 5.16 Å². The van der Waals surface area contributed by atoms with Gasteiger partial charge in [0.1, 0.15) is 6.26 Å². The van der Waals surface area contributed by atoms with Crippen molar-refractivity contribution >= 4 is 17.6 Å². The van der Waals surface area contributed by atoms with Crippen molar-refractivity contribution in [2.75, 3.05) is 5.32 Å². The summed E-state index contributed by atoms with van der Waals surface area (Å²) in [6.07, 6.45) is 6.50. The number of nitrogens with one attached hydrogen (secondary N) is 1. The Morgan fingerprint density at radius 2 is 2.29 bits per heavy atom. The molecule has 86 valence electrons. The molecule has 0 saturated carbocycles. The SMILES string of the molecule is O=C(/C=C\C(=O)n1cccn1)Nc1ccon1. The molecule has 7 nitrogen and oxygen atoms in total. The number of anilines is 1. The number of hydrogen-bond donors (Lipinski definition) is 1. The third kappa shape index (κ3) is 2.88. The maximum atomic E-state index is 11.4. The van der Waals surface area contributed by atoms with Crippen LogP contribution in [0.25, 0.3) is 0 Å². The summed E-state index contributed by atoms with van der Waals surface area (Å²) in [5.41, 5.74) is 0. The van der Waals surface area contributed by atoms with Crippen LogP contribution in [0.3, 0.4) is 0 Å². The molecule has 0 saturated heterocycles. The van der Waals surface area contributed by atoms with E-state index in [1.807, 2.05) is 0 Å². The van der Waals surface area contributed by atoms with Gasteiger partial charge in [-0.3, -0.25) is 9.59 Å². The van der Waals surface area contributed by atoms with Crippen molar-refractivity contribution in [2.45, 2.75) is 0 Å². The predicted octanol–water partition coefficient (Wildman–Crippen LogP) is 0.706. The van der Waals surface area contributed by atoms with Gasteiger partial charge in [-0.05, 0) is 6.07 Å². The van der Waals surface area contributed by atoms with Gasteiger partial charge in [-0.15, -0.1) is 0 Å². The lowest BCUT2D eigenvalue weighted by Crippen LogP contribution is -2.11. The fourth-order valence-corrected chi connectivity index (χ4v) is 1.07. The smallest absolute Gasteiger partial charge is 0.271 e. The molecule has 0 spiro atoms. The first-order valence-corrected chi connectivity index (χ1v) is 4.69. The zero-order chi connectivity index (χ0) is 12.1. The minimum atomic E-state index is -0.473. The summed E-state index contributed by atoms with van der Waals surface area (Å²) in [6.45, 7) is 0. The van der Waals surface area contributed by atoms with E-state index >= 15 is 0 Å². The maximum absolute atomic E-state index is 11.4. The molecule has 0 unspecified atom stereocenters. The van der Waals surface area contributed by atoms with Gasteiger partial charge >= 0.3 is 0 Å². The number of carbonyl (C=O) groups excluding carboxylic acids is 2. The average Bonchev–Trinajstić information content (AvgIpc) is 2.97. The topological polar surface area (TPSA) is 90.0 Å². The van der Waals surface area contributed by atoms with E-state index in [-0.39, 0.29) is 5.82 Å². The fraction of sp³-hybridized carbons (Fsp3) is 0. The monoisotopic (exact) mass is 232 g/mol. The zero-order valence-electron chi connectivity index (χ0n) is 8.61. The summed E-state index contributed by atoms with van der Waals surface area (Å²) >= 11 is 0. The Hall–Kier alpha value is -2.70. The molecule has 1 N–H and O–H groups in total. The predicted molar refractivity (Wildman–Crippen MR) is 57.1 cm³/mol. The number of aromatic nitrogens is 3. The zero-order valence-corrected chi connectivity index (χ0v) is 8.61. The van der Waals surface area contributed by atoms with Crippen LogP contribution in [0.2, 0.25) is 0 Å². The number of carbonyl (C=O) groups is 2. The van der Waals surface area contributed by atoms with Crippen molar-refractivity contribution in [1.29, 1.82) is 0 Å². The molecule has 17 heavy (non-hydrogen) atoms. The standard InChI is InChI=1S/C10H8N4O3/c15-9(12-8-4-7-17-13-8)2-3-10(16)14-6-1-5-11-14/h1-7H,(H,12,13,15)/b3-2-. The van der Waals surface area contributed by atoms with Crippen LogP contribution < -0.4 is 5.32 Å². The highest BCUT2D eigenvalue weighted by atomic mass is 16.5. The minimum Gasteiger partial charge on any atom is -0.363 e. The summed E-state index contributed by atoms with van der Waals surface area (Å²) < 4.78 is 5.64. The molecular formula is C10H8N4O3. The second-order valence-corrected chi connectivity index (χ2v) is 3.00. The number of rotatable bonds is 3. The largest absolute Gasteiger partial charge is 0.363 e. The molecular weight excluding hydrogens is 224 g/mol. The second-order valence-electron chi connectivity index (χ2n) is 3.00. The van der Waals surface area contributed by atoms with E-state index < -0.39 is 11.8 Å². The molecule has 0 fully saturated rings. The molecule has 0 bridgehead atoms. The molecule has 7 heteroatoms. The van der Waals surface area contributed by atoms with E-state index in [1.165, 1.54) is 24.7 Å². The van der Waals surface area contributed by atoms with Crippen LogP contribution in [0.4, 0.5) is 5.82 Å². The Morgan fingerprint density at radius 3 is 2.94 bits per heavy atom. The minimum absolute atomic E-state index is 0.284. The molecule has 2 rings (SSSR count). The lowest BCUT2D eigenvalue weighted by atomic mass is 10.4. The Balaban J connectivity index is 1.92. The van der Waals surface area contributed by atoms with E-state index in [0.717, 1.165) is 16.8 Å². The first kappa shape index (κ1) is 10.8. The summed E-state index contributed by atoms with van der Waals surface area (Å²) in [5, 5.41) is 9.63. The molecule has 2 heterocycles. The van der Waals surface area contributed by atoms with Crippen molar-refractivity contribution in [3.05, 3.63) is 42.9 Å². The quantitative estimate of drug-likeness (QED) is 0.787. The van der Waals surface area contributed by atoms with Gasteiger partial charge in [0.2, 0.25) is 5.91 Å². The van der Waals surface area contributed by atoms with E-state index in [9.17, 15) is 9.59 Å². The summed E-state index contributed by atoms with van der Waals surface area (Å²) in [4.78, 5) is 22.7. The summed E-state index contributed by atoms with van der Waals surface area (Å²) in [7, 11) is 0. The van der Waals surface area contributed by atoms with Gasteiger partial charge in [0.25, 0.3) is 5.91 Å². The molecule has 1 amide bonds. The Bertz CT molecular complexity index is 528. The fourth-order valence-electron chi connectivity index (χ4n) is 1.07. The van der Waals surface area contributed by atoms with Crippen molar-refractivity contribution in [1.82, 2.24) is 14.9 Å². The Labute approximate surface area is 95.7 Å². The lowest BCUT2D eigenvalue weighted by Gasteiger charge is -1.95. The highest BCUT2D eigenvalue weighted by Crippen LogP contribution is 2.00.